The van der Waals surface area contributed by atoms with Gasteiger partial charge >= 0.3 is 0 Å². The van der Waals surface area contributed by atoms with Crippen molar-refractivity contribution in [1.29, 1.82) is 0 Å². The van der Waals surface area contributed by atoms with Crippen molar-refractivity contribution in [3.8, 4) is 0 Å². The van der Waals surface area contributed by atoms with Gasteiger partial charge in [0, 0.05) is 31.6 Å². The second kappa shape index (κ2) is 7.24. The average Bonchev–Trinajstić information content (AvgIpc) is 2.47. The summed E-state index contributed by atoms with van der Waals surface area (Å²) in [5.74, 6) is 0.0627. The molecule has 2 rings (SSSR count). The van der Waals surface area contributed by atoms with E-state index < -0.39 is 0 Å². The summed E-state index contributed by atoms with van der Waals surface area (Å²) in [5.41, 5.74) is 1.66. The smallest absolute Gasteiger partial charge is 0.292 e. The van der Waals surface area contributed by atoms with Crippen LogP contribution in [-0.4, -0.2) is 30.0 Å². The number of carbonyl (C=O) groups excluding carboxylic acids is 1. The third-order valence-electron chi connectivity index (χ3n) is 3.93. The van der Waals surface area contributed by atoms with Gasteiger partial charge < -0.3 is 10.2 Å². The second-order valence-corrected chi connectivity index (χ2v) is 5.85. The molecule has 22 heavy (non-hydrogen) atoms. The molecule has 1 aliphatic heterocycles. The van der Waals surface area contributed by atoms with E-state index in [1.807, 2.05) is 30.9 Å². The summed E-state index contributed by atoms with van der Waals surface area (Å²) >= 11 is 0. The molecule has 1 saturated heterocycles. The first-order chi connectivity index (χ1) is 10.5. The molecule has 1 unspecified atom stereocenters. The SMILES string of the molecule is CCCC(=O)NC1CCCN(c2ccc(C)cc2[N+](=O)[O-])C1. The summed E-state index contributed by atoms with van der Waals surface area (Å²) in [6, 6.07) is 5.37. The summed E-state index contributed by atoms with van der Waals surface area (Å²) in [4.78, 5) is 24.7. The molecule has 1 aliphatic rings. The first-order valence-electron chi connectivity index (χ1n) is 7.80. The van der Waals surface area contributed by atoms with E-state index in [4.69, 9.17) is 0 Å². The fraction of sp³-hybridized carbons (Fsp3) is 0.562. The van der Waals surface area contributed by atoms with Crippen LogP contribution < -0.4 is 10.2 Å². The lowest BCUT2D eigenvalue weighted by atomic mass is 10.0. The topological polar surface area (TPSA) is 75.5 Å². The number of nitro groups is 1. The Morgan fingerprint density at radius 1 is 1.50 bits per heavy atom. The molecule has 0 spiro atoms. The molecule has 1 heterocycles. The van der Waals surface area contributed by atoms with Crippen LogP contribution in [0.1, 0.15) is 38.2 Å². The lowest BCUT2D eigenvalue weighted by Gasteiger charge is -2.34. The molecule has 1 aromatic carbocycles. The molecule has 120 valence electrons. The molecule has 1 atom stereocenters. The van der Waals surface area contributed by atoms with E-state index in [0.29, 0.717) is 18.7 Å². The van der Waals surface area contributed by atoms with E-state index in [1.54, 1.807) is 6.07 Å². The van der Waals surface area contributed by atoms with Gasteiger partial charge in [-0.1, -0.05) is 13.0 Å². The zero-order valence-electron chi connectivity index (χ0n) is 13.2. The van der Waals surface area contributed by atoms with Crippen LogP contribution in [0, 0.1) is 17.0 Å². The zero-order chi connectivity index (χ0) is 16.1. The molecule has 1 N–H and O–H groups in total. The Morgan fingerprint density at radius 3 is 2.95 bits per heavy atom. The average molecular weight is 305 g/mol. The minimum Gasteiger partial charge on any atom is -0.364 e. The summed E-state index contributed by atoms with van der Waals surface area (Å²) in [6.45, 7) is 5.23. The lowest BCUT2D eigenvalue weighted by molar-refractivity contribution is -0.384. The highest BCUT2D eigenvalue weighted by Gasteiger charge is 2.26. The van der Waals surface area contributed by atoms with E-state index in [9.17, 15) is 14.9 Å². The zero-order valence-corrected chi connectivity index (χ0v) is 13.2. The predicted molar refractivity (Wildman–Crippen MR) is 86.1 cm³/mol. The highest BCUT2D eigenvalue weighted by Crippen LogP contribution is 2.31. The summed E-state index contributed by atoms with van der Waals surface area (Å²) in [5, 5.41) is 14.3. The Labute approximate surface area is 130 Å². The van der Waals surface area contributed by atoms with Crippen molar-refractivity contribution in [3.63, 3.8) is 0 Å². The van der Waals surface area contributed by atoms with E-state index >= 15 is 0 Å². The molecule has 1 fully saturated rings. The number of piperidine rings is 1. The highest BCUT2D eigenvalue weighted by atomic mass is 16.6. The Bertz CT molecular complexity index is 560. The summed E-state index contributed by atoms with van der Waals surface area (Å²) < 4.78 is 0. The predicted octanol–water partition coefficient (Wildman–Crippen LogP) is 2.79. The quantitative estimate of drug-likeness (QED) is 0.670. The maximum Gasteiger partial charge on any atom is 0.292 e. The van der Waals surface area contributed by atoms with Crippen molar-refractivity contribution in [2.24, 2.45) is 0 Å². The monoisotopic (exact) mass is 305 g/mol. The van der Waals surface area contributed by atoms with Crippen LogP contribution in [0.3, 0.4) is 0 Å². The molecule has 6 heteroatoms. The Balaban J connectivity index is 2.12. The third-order valence-corrected chi connectivity index (χ3v) is 3.93. The molecule has 1 amide bonds. The number of carbonyl (C=O) groups is 1. The van der Waals surface area contributed by atoms with Gasteiger partial charge in [0.05, 0.1) is 4.92 Å². The highest BCUT2D eigenvalue weighted by molar-refractivity contribution is 5.76. The number of nitro benzene ring substituents is 1. The summed E-state index contributed by atoms with van der Waals surface area (Å²) in [7, 11) is 0. The molecule has 0 radical (unpaired) electrons. The van der Waals surface area contributed by atoms with Crippen molar-refractivity contribution in [2.75, 3.05) is 18.0 Å². The number of hydrogen-bond acceptors (Lipinski definition) is 4. The van der Waals surface area contributed by atoms with Crippen LogP contribution in [0.25, 0.3) is 0 Å². The van der Waals surface area contributed by atoms with Crippen molar-refractivity contribution in [3.05, 3.63) is 33.9 Å². The number of nitrogens with zero attached hydrogens (tertiary/aromatic N) is 2. The standard InChI is InChI=1S/C16H23N3O3/c1-3-5-16(20)17-13-6-4-9-18(11-13)14-8-7-12(2)10-15(14)19(21)22/h7-8,10,13H,3-6,9,11H2,1-2H3,(H,17,20). The van der Waals surface area contributed by atoms with E-state index in [-0.39, 0.29) is 22.6 Å². The van der Waals surface area contributed by atoms with Gasteiger partial charge in [-0.3, -0.25) is 14.9 Å². The number of nitrogens with one attached hydrogen (secondary N) is 1. The van der Waals surface area contributed by atoms with Crippen LogP contribution in [0.15, 0.2) is 18.2 Å². The molecule has 0 aromatic heterocycles. The van der Waals surface area contributed by atoms with Crippen LogP contribution >= 0.6 is 0 Å². The second-order valence-electron chi connectivity index (χ2n) is 5.85. The largest absolute Gasteiger partial charge is 0.364 e. The maximum atomic E-state index is 11.7. The Morgan fingerprint density at radius 2 is 2.27 bits per heavy atom. The van der Waals surface area contributed by atoms with Crippen LogP contribution in [0.5, 0.6) is 0 Å². The van der Waals surface area contributed by atoms with Gasteiger partial charge in [0.1, 0.15) is 5.69 Å². The van der Waals surface area contributed by atoms with Crippen molar-refractivity contribution < 1.29 is 9.72 Å². The normalized spacial score (nSPS) is 18.1. The molecule has 0 saturated carbocycles. The van der Waals surface area contributed by atoms with Gasteiger partial charge in [0.2, 0.25) is 5.91 Å². The van der Waals surface area contributed by atoms with Crippen LogP contribution in [0.4, 0.5) is 11.4 Å². The van der Waals surface area contributed by atoms with Crippen molar-refractivity contribution in [2.45, 2.75) is 45.6 Å². The van der Waals surface area contributed by atoms with Gasteiger partial charge in [-0.05, 0) is 37.8 Å². The number of hydrogen-bond donors (Lipinski definition) is 1. The number of aryl methyl sites for hydroxylation is 1. The molecular weight excluding hydrogens is 282 g/mol. The van der Waals surface area contributed by atoms with Crippen LogP contribution in [0.2, 0.25) is 0 Å². The Hall–Kier alpha value is -2.11. The number of amides is 1. The number of rotatable bonds is 5. The van der Waals surface area contributed by atoms with Gasteiger partial charge in [-0.2, -0.15) is 0 Å². The maximum absolute atomic E-state index is 11.7. The van der Waals surface area contributed by atoms with E-state index in [0.717, 1.165) is 31.4 Å². The van der Waals surface area contributed by atoms with Gasteiger partial charge in [0.25, 0.3) is 5.69 Å². The van der Waals surface area contributed by atoms with E-state index in [2.05, 4.69) is 5.32 Å². The molecular formula is C16H23N3O3. The molecule has 0 aliphatic carbocycles. The molecule has 1 aromatic rings. The van der Waals surface area contributed by atoms with Gasteiger partial charge in [-0.25, -0.2) is 0 Å². The minimum atomic E-state index is -0.332. The fourth-order valence-corrected chi connectivity index (χ4v) is 2.89. The van der Waals surface area contributed by atoms with Crippen molar-refractivity contribution >= 4 is 17.3 Å². The summed E-state index contributed by atoms with van der Waals surface area (Å²) in [6.07, 6.45) is 3.20. The van der Waals surface area contributed by atoms with Gasteiger partial charge in [-0.15, -0.1) is 0 Å². The molecule has 0 bridgehead atoms. The van der Waals surface area contributed by atoms with Crippen LogP contribution in [-0.2, 0) is 4.79 Å². The fourth-order valence-electron chi connectivity index (χ4n) is 2.89. The lowest BCUT2D eigenvalue weighted by Crippen LogP contribution is -2.47. The molecule has 6 nitrogen and oxygen atoms in total. The number of anilines is 1. The van der Waals surface area contributed by atoms with E-state index in [1.165, 1.54) is 0 Å². The first kappa shape index (κ1) is 16.3. The van der Waals surface area contributed by atoms with Crippen molar-refractivity contribution in [1.82, 2.24) is 5.32 Å². The van der Waals surface area contributed by atoms with Gasteiger partial charge in [0.15, 0.2) is 0 Å². The minimum absolute atomic E-state index is 0.0627. The Kier molecular flexibility index (Phi) is 5.35. The first-order valence-corrected chi connectivity index (χ1v) is 7.80. The number of benzene rings is 1. The third kappa shape index (κ3) is 3.96.